The van der Waals surface area contributed by atoms with Crippen LogP contribution in [0.3, 0.4) is 0 Å². The number of nitrogens with zero attached hydrogens (tertiary/aromatic N) is 1. The minimum atomic E-state index is -4.82. The van der Waals surface area contributed by atoms with Gasteiger partial charge in [-0.1, -0.05) is 0 Å². The number of alkyl halides is 3. The summed E-state index contributed by atoms with van der Waals surface area (Å²) >= 11 is 0. The van der Waals surface area contributed by atoms with Crippen molar-refractivity contribution in [2.24, 2.45) is 0 Å². The lowest BCUT2D eigenvalue weighted by atomic mass is 10.1. The molecule has 0 aliphatic carbocycles. The Bertz CT molecular complexity index is 710. The highest BCUT2D eigenvalue weighted by Crippen LogP contribution is 2.33. The zero-order chi connectivity index (χ0) is 15.6. The van der Waals surface area contributed by atoms with Crippen molar-refractivity contribution < 1.29 is 22.3 Å². The average Bonchev–Trinajstić information content (AvgIpc) is 2.37. The van der Waals surface area contributed by atoms with Crippen LogP contribution in [-0.2, 0) is 17.5 Å². The molecule has 0 fully saturated rings. The molecule has 112 valence electrons. The average molecular weight is 302 g/mol. The summed E-state index contributed by atoms with van der Waals surface area (Å²) in [7, 11) is 1.38. The predicted molar refractivity (Wildman–Crippen MR) is 66.0 cm³/mol. The summed E-state index contributed by atoms with van der Waals surface area (Å²) < 4.78 is 56.1. The third-order valence-corrected chi connectivity index (χ3v) is 2.64. The molecular formula is C13H10F4N2O2. The van der Waals surface area contributed by atoms with E-state index in [-0.39, 0.29) is 23.7 Å². The molecule has 1 N–H and O–H groups in total. The molecule has 8 heteroatoms. The molecule has 21 heavy (non-hydrogen) atoms. The van der Waals surface area contributed by atoms with Gasteiger partial charge >= 0.3 is 6.18 Å². The summed E-state index contributed by atoms with van der Waals surface area (Å²) in [6, 6.07) is 3.47. The molecule has 1 aromatic heterocycles. The zero-order valence-electron chi connectivity index (χ0n) is 10.8. The summed E-state index contributed by atoms with van der Waals surface area (Å²) in [4.78, 5) is 17.8. The number of benzene rings is 1. The number of aromatic nitrogens is 2. The van der Waals surface area contributed by atoms with Gasteiger partial charge in [0.1, 0.15) is 18.2 Å². The molecule has 0 amide bonds. The molecule has 0 saturated heterocycles. The lowest BCUT2D eigenvalue weighted by molar-refractivity contribution is -0.139. The molecular weight excluding hydrogens is 292 g/mol. The smallest absolute Gasteiger partial charge is 0.377 e. The summed E-state index contributed by atoms with van der Waals surface area (Å²) in [5.41, 5.74) is -1.94. The Balaban J connectivity index is 2.55. The van der Waals surface area contributed by atoms with Crippen molar-refractivity contribution in [2.45, 2.75) is 12.8 Å². The lowest BCUT2D eigenvalue weighted by Crippen LogP contribution is -2.12. The molecule has 0 radical (unpaired) electrons. The fourth-order valence-electron chi connectivity index (χ4n) is 1.76. The third kappa shape index (κ3) is 3.46. The maximum absolute atomic E-state index is 13.2. The third-order valence-electron chi connectivity index (χ3n) is 2.64. The Labute approximate surface area is 116 Å². The Morgan fingerprint density at radius 1 is 1.29 bits per heavy atom. The van der Waals surface area contributed by atoms with Crippen molar-refractivity contribution in [3.05, 3.63) is 51.8 Å². The highest BCUT2D eigenvalue weighted by atomic mass is 19.4. The molecule has 1 aromatic carbocycles. The van der Waals surface area contributed by atoms with Gasteiger partial charge in [0.25, 0.3) is 5.56 Å². The van der Waals surface area contributed by atoms with Crippen LogP contribution < -0.4 is 5.56 Å². The Morgan fingerprint density at radius 2 is 2.00 bits per heavy atom. The fraction of sp³-hybridized carbons (Fsp3) is 0.231. The van der Waals surface area contributed by atoms with Gasteiger partial charge in [-0.05, 0) is 18.2 Å². The first-order valence-corrected chi connectivity index (χ1v) is 5.77. The molecule has 0 atom stereocenters. The first kappa shape index (κ1) is 15.2. The Hall–Kier alpha value is -2.22. The lowest BCUT2D eigenvalue weighted by Gasteiger charge is -2.10. The van der Waals surface area contributed by atoms with Crippen LogP contribution in [0, 0.1) is 5.82 Å². The van der Waals surface area contributed by atoms with Crippen LogP contribution >= 0.6 is 0 Å². The molecule has 4 nitrogen and oxygen atoms in total. The van der Waals surface area contributed by atoms with E-state index in [1.54, 1.807) is 0 Å². The summed E-state index contributed by atoms with van der Waals surface area (Å²) in [6.45, 7) is -0.00357. The topological polar surface area (TPSA) is 55.0 Å². The van der Waals surface area contributed by atoms with E-state index in [9.17, 15) is 22.4 Å². The Morgan fingerprint density at radius 3 is 2.62 bits per heavy atom. The minimum Gasteiger partial charge on any atom is -0.377 e. The van der Waals surface area contributed by atoms with Gasteiger partial charge in [-0.15, -0.1) is 0 Å². The SMILES string of the molecule is COCc1nc(-c2ccc(F)c(C(F)(F)F)c2)cc(=O)[nH]1. The number of hydrogen-bond acceptors (Lipinski definition) is 3. The summed E-state index contributed by atoms with van der Waals surface area (Å²) in [5, 5.41) is 0. The number of halogens is 4. The number of aromatic amines is 1. The second kappa shape index (κ2) is 5.65. The monoisotopic (exact) mass is 302 g/mol. The molecule has 0 aliphatic rings. The molecule has 0 saturated carbocycles. The number of nitrogens with one attached hydrogen (secondary N) is 1. The molecule has 0 unspecified atom stereocenters. The normalized spacial score (nSPS) is 11.7. The number of ether oxygens (including phenoxy) is 1. The summed E-state index contributed by atoms with van der Waals surface area (Å²) in [5.74, 6) is -1.22. The van der Waals surface area contributed by atoms with E-state index in [2.05, 4.69) is 9.97 Å². The van der Waals surface area contributed by atoms with E-state index in [1.807, 2.05) is 0 Å². The molecule has 2 aromatic rings. The van der Waals surface area contributed by atoms with E-state index in [0.717, 1.165) is 12.1 Å². The van der Waals surface area contributed by atoms with Crippen molar-refractivity contribution in [1.82, 2.24) is 9.97 Å². The maximum Gasteiger partial charge on any atom is 0.419 e. The largest absolute Gasteiger partial charge is 0.419 e. The van der Waals surface area contributed by atoms with Gasteiger partial charge in [0.15, 0.2) is 0 Å². The minimum absolute atomic E-state index is 0.00357. The predicted octanol–water partition coefficient (Wildman–Crippen LogP) is 2.74. The number of H-pyrrole nitrogens is 1. The second-order valence-electron chi connectivity index (χ2n) is 4.20. The van der Waals surface area contributed by atoms with Gasteiger partial charge in [-0.2, -0.15) is 13.2 Å². The fourth-order valence-corrected chi connectivity index (χ4v) is 1.76. The van der Waals surface area contributed by atoms with Gasteiger partial charge in [0.2, 0.25) is 0 Å². The number of methoxy groups -OCH3 is 1. The van der Waals surface area contributed by atoms with Crippen molar-refractivity contribution in [1.29, 1.82) is 0 Å². The molecule has 0 aliphatic heterocycles. The van der Waals surface area contributed by atoms with Gasteiger partial charge < -0.3 is 9.72 Å². The van der Waals surface area contributed by atoms with Gasteiger partial charge in [-0.3, -0.25) is 4.79 Å². The van der Waals surface area contributed by atoms with Crippen LogP contribution in [0.2, 0.25) is 0 Å². The van der Waals surface area contributed by atoms with Gasteiger partial charge in [0.05, 0.1) is 11.3 Å². The van der Waals surface area contributed by atoms with E-state index < -0.39 is 23.1 Å². The summed E-state index contributed by atoms with van der Waals surface area (Å²) in [6.07, 6.45) is -4.82. The maximum atomic E-state index is 13.2. The van der Waals surface area contributed by atoms with Crippen LogP contribution in [0.25, 0.3) is 11.3 Å². The first-order valence-electron chi connectivity index (χ1n) is 5.77. The van der Waals surface area contributed by atoms with Crippen molar-refractivity contribution in [2.75, 3.05) is 7.11 Å². The van der Waals surface area contributed by atoms with E-state index in [1.165, 1.54) is 7.11 Å². The van der Waals surface area contributed by atoms with Gasteiger partial charge in [0, 0.05) is 18.7 Å². The zero-order valence-corrected chi connectivity index (χ0v) is 10.8. The van der Waals surface area contributed by atoms with E-state index >= 15 is 0 Å². The van der Waals surface area contributed by atoms with Crippen molar-refractivity contribution >= 4 is 0 Å². The highest BCUT2D eigenvalue weighted by Gasteiger charge is 2.34. The van der Waals surface area contributed by atoms with Gasteiger partial charge in [-0.25, -0.2) is 9.37 Å². The van der Waals surface area contributed by atoms with E-state index in [0.29, 0.717) is 12.1 Å². The highest BCUT2D eigenvalue weighted by molar-refractivity contribution is 5.60. The van der Waals surface area contributed by atoms with Crippen molar-refractivity contribution in [3.63, 3.8) is 0 Å². The van der Waals surface area contributed by atoms with Crippen LogP contribution in [-0.4, -0.2) is 17.1 Å². The first-order chi connectivity index (χ1) is 9.81. The molecule has 2 rings (SSSR count). The van der Waals surface area contributed by atoms with E-state index in [4.69, 9.17) is 4.74 Å². The number of hydrogen-bond donors (Lipinski definition) is 1. The standard InChI is InChI=1S/C13H10F4N2O2/c1-21-6-11-18-10(5-12(20)19-11)7-2-3-9(14)8(4-7)13(15,16)17/h2-5H,6H2,1H3,(H,18,19,20). The number of rotatable bonds is 3. The van der Waals surface area contributed by atoms with Crippen LogP contribution in [0.5, 0.6) is 0 Å². The molecule has 0 spiro atoms. The Kier molecular flexibility index (Phi) is 4.08. The quantitative estimate of drug-likeness (QED) is 0.887. The van der Waals surface area contributed by atoms with Crippen LogP contribution in [0.1, 0.15) is 11.4 Å². The van der Waals surface area contributed by atoms with Crippen LogP contribution in [0.15, 0.2) is 29.1 Å². The van der Waals surface area contributed by atoms with Crippen molar-refractivity contribution in [3.8, 4) is 11.3 Å². The molecule has 1 heterocycles. The molecule has 0 bridgehead atoms. The second-order valence-corrected chi connectivity index (χ2v) is 4.20. The van der Waals surface area contributed by atoms with Crippen LogP contribution in [0.4, 0.5) is 17.6 Å².